The summed E-state index contributed by atoms with van der Waals surface area (Å²) < 4.78 is 12.8. The number of pyridine rings is 1. The molecule has 3 heterocycles. The fraction of sp³-hybridized carbons (Fsp3) is 0.400. The summed E-state index contributed by atoms with van der Waals surface area (Å²) in [6, 6.07) is 19.9. The minimum atomic E-state index is -0.912. The molecule has 2 aliphatic heterocycles. The lowest BCUT2D eigenvalue weighted by Gasteiger charge is -2.63. The number of rotatable bonds is 3. The van der Waals surface area contributed by atoms with Crippen molar-refractivity contribution in [1.82, 2.24) is 9.88 Å². The molecule has 1 aromatic heterocycles. The first-order chi connectivity index (χ1) is 19.6. The van der Waals surface area contributed by atoms with Gasteiger partial charge in [0.05, 0.1) is 29.3 Å². The number of aliphatic hydroxyl groups is 1. The van der Waals surface area contributed by atoms with Crippen molar-refractivity contribution in [1.29, 1.82) is 0 Å². The van der Waals surface area contributed by atoms with Crippen molar-refractivity contribution < 1.29 is 14.6 Å². The molecule has 5 heteroatoms. The predicted molar refractivity (Wildman–Crippen MR) is 153 cm³/mol. The Balaban J connectivity index is 1.21. The second-order valence-electron chi connectivity index (χ2n) is 13.1. The van der Waals surface area contributed by atoms with Gasteiger partial charge in [-0.2, -0.15) is 0 Å². The van der Waals surface area contributed by atoms with Crippen molar-refractivity contribution >= 4 is 10.9 Å². The van der Waals surface area contributed by atoms with Gasteiger partial charge in [0, 0.05) is 36.4 Å². The first kappa shape index (κ1) is 22.3. The predicted octanol–water partition coefficient (Wildman–Crippen LogP) is 5.51. The molecule has 4 aromatic rings. The normalized spacial score (nSPS) is 30.4. The van der Waals surface area contributed by atoms with Crippen LogP contribution in [0.3, 0.4) is 0 Å². The number of hydrogen-bond donors (Lipinski definition) is 1. The maximum absolute atomic E-state index is 13.1. The van der Waals surface area contributed by atoms with E-state index in [1.54, 1.807) is 7.11 Å². The molecule has 0 amide bonds. The van der Waals surface area contributed by atoms with Crippen LogP contribution in [0.15, 0.2) is 54.6 Å². The van der Waals surface area contributed by atoms with Gasteiger partial charge in [0.15, 0.2) is 17.6 Å². The lowest BCUT2D eigenvalue weighted by molar-refractivity contribution is -0.173. The molecule has 2 fully saturated rings. The molecule has 3 aromatic carbocycles. The summed E-state index contributed by atoms with van der Waals surface area (Å²) in [6.07, 6.45) is 5.58. The van der Waals surface area contributed by atoms with E-state index < -0.39 is 11.0 Å². The maximum Gasteiger partial charge on any atom is 0.166 e. The van der Waals surface area contributed by atoms with Crippen LogP contribution in [0, 0.1) is 5.92 Å². The van der Waals surface area contributed by atoms with Crippen molar-refractivity contribution in [3.8, 4) is 22.6 Å². The zero-order valence-corrected chi connectivity index (χ0v) is 22.7. The maximum atomic E-state index is 13.1. The summed E-state index contributed by atoms with van der Waals surface area (Å²) in [7, 11) is 1.72. The monoisotopic (exact) mass is 528 g/mol. The fourth-order valence-corrected chi connectivity index (χ4v) is 9.38. The Morgan fingerprint density at radius 1 is 1.05 bits per heavy atom. The lowest BCUT2D eigenvalue weighted by Crippen LogP contribution is -2.74. The lowest BCUT2D eigenvalue weighted by atomic mass is 9.49. The van der Waals surface area contributed by atoms with Crippen molar-refractivity contribution in [2.75, 3.05) is 20.2 Å². The molecule has 1 saturated carbocycles. The van der Waals surface area contributed by atoms with Crippen LogP contribution in [0.1, 0.15) is 58.9 Å². The highest BCUT2D eigenvalue weighted by molar-refractivity contribution is 5.93. The smallest absolute Gasteiger partial charge is 0.166 e. The Morgan fingerprint density at radius 3 is 2.83 bits per heavy atom. The van der Waals surface area contributed by atoms with Crippen molar-refractivity contribution in [3.05, 3.63) is 88.1 Å². The highest BCUT2D eigenvalue weighted by atomic mass is 16.5. The van der Waals surface area contributed by atoms with E-state index in [9.17, 15) is 5.11 Å². The number of ether oxygens (including phenoxy) is 2. The average Bonchev–Trinajstić information content (AvgIpc) is 3.59. The quantitative estimate of drug-likeness (QED) is 0.335. The fourth-order valence-electron chi connectivity index (χ4n) is 9.38. The highest BCUT2D eigenvalue weighted by Gasteiger charge is 2.72. The second-order valence-corrected chi connectivity index (χ2v) is 13.1. The Hall–Kier alpha value is -3.41. The summed E-state index contributed by atoms with van der Waals surface area (Å²) in [4.78, 5) is 8.12. The topological polar surface area (TPSA) is 54.8 Å². The second kappa shape index (κ2) is 7.26. The van der Waals surface area contributed by atoms with E-state index in [-0.39, 0.29) is 12.1 Å². The Bertz CT molecular complexity index is 1790. The molecule has 6 aliphatic rings. The minimum absolute atomic E-state index is 0.0816. The highest BCUT2D eigenvalue weighted by Crippen LogP contribution is 2.68. The summed E-state index contributed by atoms with van der Waals surface area (Å²) in [5.74, 6) is 2.38. The third-order valence-electron chi connectivity index (χ3n) is 11.3. The Kier molecular flexibility index (Phi) is 4.05. The van der Waals surface area contributed by atoms with Gasteiger partial charge in [0.1, 0.15) is 0 Å². The summed E-state index contributed by atoms with van der Waals surface area (Å²) in [6.45, 7) is 2.09. The average molecular weight is 529 g/mol. The van der Waals surface area contributed by atoms with Gasteiger partial charge in [0.25, 0.3) is 0 Å². The molecule has 0 radical (unpaired) electrons. The van der Waals surface area contributed by atoms with E-state index in [1.807, 2.05) is 0 Å². The van der Waals surface area contributed by atoms with E-state index in [4.69, 9.17) is 14.5 Å². The molecule has 2 bridgehead atoms. The Labute approximate surface area is 233 Å². The van der Waals surface area contributed by atoms with E-state index in [0.717, 1.165) is 71.9 Å². The van der Waals surface area contributed by atoms with Crippen LogP contribution in [0.4, 0.5) is 0 Å². The number of aromatic nitrogens is 1. The van der Waals surface area contributed by atoms with Crippen molar-refractivity contribution in [2.24, 2.45) is 5.92 Å². The van der Waals surface area contributed by atoms with Crippen LogP contribution in [0.25, 0.3) is 22.0 Å². The SMILES string of the molecule is COc1ccc2c3c1OC1c4nc5c6c(ccc5cc4CC4(O)[C@H](C2)N(CC2CC2)CC[C@]314)-c1ccccc1C6. The van der Waals surface area contributed by atoms with Crippen LogP contribution in [0.2, 0.25) is 0 Å². The summed E-state index contributed by atoms with van der Waals surface area (Å²) >= 11 is 0. The van der Waals surface area contributed by atoms with Crippen LogP contribution in [0.5, 0.6) is 11.5 Å². The number of likely N-dealkylation sites (tertiary alicyclic amines) is 1. The number of hydrogen-bond acceptors (Lipinski definition) is 5. The zero-order valence-electron chi connectivity index (χ0n) is 22.7. The molecule has 40 heavy (non-hydrogen) atoms. The van der Waals surface area contributed by atoms with Gasteiger partial charge in [-0.25, -0.2) is 4.98 Å². The molecule has 2 unspecified atom stereocenters. The van der Waals surface area contributed by atoms with Gasteiger partial charge in [-0.15, -0.1) is 0 Å². The molecular weight excluding hydrogens is 496 g/mol. The Morgan fingerprint density at radius 2 is 1.95 bits per heavy atom. The molecule has 1 N–H and O–H groups in total. The van der Waals surface area contributed by atoms with Gasteiger partial charge in [-0.1, -0.05) is 42.5 Å². The summed E-state index contributed by atoms with van der Waals surface area (Å²) in [5, 5.41) is 14.2. The number of piperidine rings is 1. The third-order valence-corrected chi connectivity index (χ3v) is 11.3. The molecule has 10 rings (SSSR count). The third kappa shape index (κ3) is 2.51. The van der Waals surface area contributed by atoms with Gasteiger partial charge in [-0.3, -0.25) is 4.90 Å². The number of fused-ring (bicyclic) bond motifs is 7. The minimum Gasteiger partial charge on any atom is -0.493 e. The van der Waals surface area contributed by atoms with Gasteiger partial charge < -0.3 is 14.6 Å². The van der Waals surface area contributed by atoms with Gasteiger partial charge >= 0.3 is 0 Å². The molecule has 5 nitrogen and oxygen atoms in total. The van der Waals surface area contributed by atoms with Gasteiger partial charge in [0.2, 0.25) is 0 Å². The largest absolute Gasteiger partial charge is 0.493 e. The van der Waals surface area contributed by atoms with E-state index in [0.29, 0.717) is 6.42 Å². The van der Waals surface area contributed by atoms with Crippen molar-refractivity contribution in [3.63, 3.8) is 0 Å². The van der Waals surface area contributed by atoms with Crippen LogP contribution in [-0.2, 0) is 24.7 Å². The number of benzene rings is 3. The molecule has 1 saturated heterocycles. The van der Waals surface area contributed by atoms with Gasteiger partial charge in [-0.05, 0) is 83.7 Å². The standard InChI is InChI=1S/C35H32N2O3/c1-39-27-11-9-21-16-28-35(38)17-23-14-22-8-10-25-24-5-3-2-4-20(24)15-26(25)30(22)36-31(23)33-34(35,29(21)32(27)40-33)12-13-37(28)18-19-6-7-19/h2-5,8-11,14,19,28,33,38H,6-7,12-13,15-18H2,1H3/t28-,33?,34-,35?/m0/s1. The first-order valence-electron chi connectivity index (χ1n) is 15.0. The van der Waals surface area contributed by atoms with Crippen LogP contribution < -0.4 is 9.47 Å². The summed E-state index contributed by atoms with van der Waals surface area (Å²) in [5.41, 5.74) is 9.63. The first-order valence-corrected chi connectivity index (χ1v) is 15.0. The number of methoxy groups -OCH3 is 1. The van der Waals surface area contributed by atoms with E-state index >= 15 is 0 Å². The zero-order chi connectivity index (χ0) is 26.4. The number of nitrogens with zero attached hydrogens (tertiary/aromatic N) is 2. The molecule has 200 valence electrons. The van der Waals surface area contributed by atoms with E-state index in [2.05, 4.69) is 59.5 Å². The van der Waals surface area contributed by atoms with Crippen molar-refractivity contribution in [2.45, 2.75) is 61.7 Å². The van der Waals surface area contributed by atoms with Crippen LogP contribution in [-0.4, -0.2) is 46.8 Å². The molecule has 4 atom stereocenters. The molecule has 1 spiro atoms. The van der Waals surface area contributed by atoms with Crippen LogP contribution >= 0.6 is 0 Å². The molecular formula is C35H32N2O3. The van der Waals surface area contributed by atoms with E-state index in [1.165, 1.54) is 46.2 Å². The molecule has 4 aliphatic carbocycles.